The van der Waals surface area contributed by atoms with E-state index in [0.29, 0.717) is 0 Å². The van der Waals surface area contributed by atoms with Gasteiger partial charge < -0.3 is 9.47 Å². The van der Waals surface area contributed by atoms with Gasteiger partial charge in [0.2, 0.25) is 0 Å². The average molecular weight is 763 g/mol. The first kappa shape index (κ1) is 49.5. The van der Waals surface area contributed by atoms with E-state index in [2.05, 4.69) is 61.6 Å². The van der Waals surface area contributed by atoms with Crippen LogP contribution < -0.4 is 9.47 Å². The molecule has 0 N–H and O–H groups in total. The lowest BCUT2D eigenvalue weighted by atomic mass is 10.1. The normalized spacial score (nSPS) is 11.4. The van der Waals surface area contributed by atoms with Gasteiger partial charge in [0.15, 0.2) is 0 Å². The second-order valence-electron chi connectivity index (χ2n) is 15.7. The molecular formula is C48H90O2S2. The molecule has 0 saturated heterocycles. The van der Waals surface area contributed by atoms with Gasteiger partial charge in [-0.25, -0.2) is 0 Å². The summed E-state index contributed by atoms with van der Waals surface area (Å²) in [6.45, 7) is 6.24. The zero-order valence-electron chi connectivity index (χ0n) is 35.2. The van der Waals surface area contributed by atoms with E-state index in [1.54, 1.807) is 0 Å². The van der Waals surface area contributed by atoms with Gasteiger partial charge >= 0.3 is 0 Å². The van der Waals surface area contributed by atoms with E-state index in [1.807, 2.05) is 0 Å². The summed E-state index contributed by atoms with van der Waals surface area (Å²) in [5.41, 5.74) is 0. The molecule has 306 valence electrons. The van der Waals surface area contributed by atoms with Gasteiger partial charge in [0.25, 0.3) is 0 Å². The Kier molecular flexibility index (Phi) is 41.2. The Labute approximate surface area is 335 Å². The Morgan fingerprint density at radius 2 is 0.577 bits per heavy atom. The van der Waals surface area contributed by atoms with Crippen molar-refractivity contribution in [2.24, 2.45) is 0 Å². The van der Waals surface area contributed by atoms with Gasteiger partial charge in [-0.1, -0.05) is 200 Å². The van der Waals surface area contributed by atoms with Crippen LogP contribution in [0.25, 0.3) is 0 Å². The van der Waals surface area contributed by atoms with Crippen molar-refractivity contribution in [3.05, 3.63) is 24.3 Å². The molecule has 0 aliphatic heterocycles. The predicted octanol–water partition coefficient (Wildman–Crippen LogP) is 17.2. The van der Waals surface area contributed by atoms with Crippen LogP contribution >= 0.6 is 23.5 Å². The van der Waals surface area contributed by atoms with Gasteiger partial charge in [0.05, 0.1) is 13.2 Å². The lowest BCUT2D eigenvalue weighted by molar-refractivity contribution is 0.289. The van der Waals surface area contributed by atoms with E-state index in [-0.39, 0.29) is 0 Å². The molecule has 1 aromatic rings. The van der Waals surface area contributed by atoms with Crippen molar-refractivity contribution in [2.45, 2.75) is 232 Å². The fraction of sp³-hybridized carbons (Fsp3) is 0.875. The first-order valence-electron chi connectivity index (χ1n) is 23.4. The van der Waals surface area contributed by atoms with E-state index < -0.39 is 0 Å². The van der Waals surface area contributed by atoms with Crippen molar-refractivity contribution in [2.75, 3.05) is 36.2 Å². The van der Waals surface area contributed by atoms with Gasteiger partial charge in [-0.3, -0.25) is 0 Å². The van der Waals surface area contributed by atoms with E-state index in [9.17, 15) is 0 Å². The molecule has 0 fully saturated rings. The van der Waals surface area contributed by atoms with Gasteiger partial charge in [-0.15, -0.1) is 0 Å². The van der Waals surface area contributed by atoms with Crippen LogP contribution in [0, 0.1) is 0 Å². The molecule has 4 heteroatoms. The molecule has 0 spiro atoms. The van der Waals surface area contributed by atoms with Crippen LogP contribution in [0.4, 0.5) is 0 Å². The van der Waals surface area contributed by atoms with E-state index in [0.717, 1.165) is 37.6 Å². The van der Waals surface area contributed by atoms with Crippen LogP contribution in [0.5, 0.6) is 11.5 Å². The van der Waals surface area contributed by atoms with Crippen molar-refractivity contribution in [1.29, 1.82) is 0 Å². The number of unbranched alkanes of at least 4 members (excludes halogenated alkanes) is 30. The Morgan fingerprint density at radius 3 is 0.865 bits per heavy atom. The van der Waals surface area contributed by atoms with Gasteiger partial charge in [0, 0.05) is 6.07 Å². The molecule has 52 heavy (non-hydrogen) atoms. The largest absolute Gasteiger partial charge is 0.493 e. The van der Waals surface area contributed by atoms with Gasteiger partial charge in [-0.2, -0.15) is 23.5 Å². The molecule has 0 heterocycles. The summed E-state index contributed by atoms with van der Waals surface area (Å²) in [6, 6.07) is 8.28. The third kappa shape index (κ3) is 37.8. The Balaban J connectivity index is 1.79. The topological polar surface area (TPSA) is 18.5 Å². The summed E-state index contributed by atoms with van der Waals surface area (Å²) in [5.74, 6) is 7.44. The second-order valence-corrected chi connectivity index (χ2v) is 18.2. The summed E-state index contributed by atoms with van der Waals surface area (Å²) >= 11 is 4.39. The van der Waals surface area contributed by atoms with E-state index in [1.165, 1.54) is 228 Å². The molecule has 1 rings (SSSR count). The maximum Gasteiger partial charge on any atom is 0.122 e. The van der Waals surface area contributed by atoms with Crippen LogP contribution in [-0.4, -0.2) is 36.2 Å². The molecule has 0 aromatic heterocycles. The third-order valence-corrected chi connectivity index (χ3v) is 12.8. The number of benzene rings is 1. The van der Waals surface area contributed by atoms with Crippen molar-refractivity contribution >= 4 is 23.5 Å². The first-order valence-corrected chi connectivity index (χ1v) is 25.7. The van der Waals surface area contributed by atoms with Crippen LogP contribution in [0.1, 0.15) is 232 Å². The Bertz CT molecular complexity index is 741. The summed E-state index contributed by atoms with van der Waals surface area (Å²) in [5, 5.41) is 0. The smallest absolute Gasteiger partial charge is 0.122 e. The highest BCUT2D eigenvalue weighted by atomic mass is 32.2. The number of ether oxygens (including phenoxy) is 2. The quantitative estimate of drug-likeness (QED) is 0.0616. The average Bonchev–Trinajstić information content (AvgIpc) is 3.16. The molecule has 1 aromatic carbocycles. The lowest BCUT2D eigenvalue weighted by Crippen LogP contribution is -2.00. The minimum absolute atomic E-state index is 0.818. The summed E-state index contributed by atoms with van der Waals surface area (Å²) in [7, 11) is 0. The number of hydrogen-bond acceptors (Lipinski definition) is 4. The zero-order valence-corrected chi connectivity index (χ0v) is 36.9. The molecule has 0 radical (unpaired) electrons. The highest BCUT2D eigenvalue weighted by molar-refractivity contribution is 7.99. The molecule has 0 unspecified atom stereocenters. The Morgan fingerprint density at radius 1 is 0.327 bits per heavy atom. The van der Waals surface area contributed by atoms with Crippen molar-refractivity contribution < 1.29 is 9.47 Å². The molecule has 0 bridgehead atoms. The highest BCUT2D eigenvalue weighted by Gasteiger charge is 2.01. The van der Waals surface area contributed by atoms with Crippen molar-refractivity contribution in [1.82, 2.24) is 0 Å². The second kappa shape index (κ2) is 43.3. The number of thioether (sulfide) groups is 2. The fourth-order valence-corrected chi connectivity index (χ4v) is 9.04. The number of hydrogen-bond donors (Lipinski definition) is 0. The maximum atomic E-state index is 6.05. The predicted molar refractivity (Wildman–Crippen MR) is 240 cm³/mol. The van der Waals surface area contributed by atoms with Crippen LogP contribution in [0.15, 0.2) is 24.3 Å². The van der Waals surface area contributed by atoms with Crippen LogP contribution in [0.2, 0.25) is 0 Å². The maximum absolute atomic E-state index is 6.05. The van der Waals surface area contributed by atoms with Gasteiger partial charge in [-0.05, 0) is 73.7 Å². The Hall–Kier alpha value is -0.480. The van der Waals surface area contributed by atoms with E-state index in [4.69, 9.17) is 9.47 Å². The molecule has 2 nitrogen and oxygen atoms in total. The standard InChI is InChI=1S/C48H90O2S2/c1-3-5-7-9-11-21-27-33-42-51-44-35-29-23-17-13-15-19-25-31-40-49-47-38-37-39-48(46-47)50-41-32-26-20-16-14-18-24-30-36-45-52-43-34-28-22-12-10-8-6-4-2/h37-39,46H,3-36,40-45H2,1-2H3. The zero-order chi connectivity index (χ0) is 37.1. The molecular weight excluding hydrogens is 673 g/mol. The molecule has 0 saturated carbocycles. The van der Waals surface area contributed by atoms with Crippen LogP contribution in [0.3, 0.4) is 0 Å². The molecule has 0 aliphatic rings. The summed E-state index contributed by atoms with van der Waals surface area (Å²) in [4.78, 5) is 0. The molecule has 0 atom stereocenters. The minimum atomic E-state index is 0.818. The molecule has 0 aliphatic carbocycles. The fourth-order valence-electron chi connectivity index (χ4n) is 7.00. The third-order valence-electron chi connectivity index (χ3n) is 10.5. The highest BCUT2D eigenvalue weighted by Crippen LogP contribution is 2.21. The van der Waals surface area contributed by atoms with Crippen molar-refractivity contribution in [3.63, 3.8) is 0 Å². The van der Waals surface area contributed by atoms with E-state index >= 15 is 0 Å². The lowest BCUT2D eigenvalue weighted by Gasteiger charge is -2.10. The monoisotopic (exact) mass is 763 g/mol. The van der Waals surface area contributed by atoms with Crippen molar-refractivity contribution in [3.8, 4) is 11.5 Å². The van der Waals surface area contributed by atoms with Gasteiger partial charge in [0.1, 0.15) is 11.5 Å². The first-order chi connectivity index (χ1) is 25.9. The summed E-state index contributed by atoms with van der Waals surface area (Å²) < 4.78 is 12.1. The summed E-state index contributed by atoms with van der Waals surface area (Å²) in [6.07, 6.45) is 47.6. The molecule has 0 amide bonds. The van der Waals surface area contributed by atoms with Crippen LogP contribution in [-0.2, 0) is 0 Å². The minimum Gasteiger partial charge on any atom is -0.493 e. The SMILES string of the molecule is CCCCCCCCCCSCCCCCCCCCCCOc1cccc(OCCCCCCCCCCCSCCCCCCCCCC)c1. The number of rotatable bonds is 44.